The van der Waals surface area contributed by atoms with Crippen LogP contribution in [0.25, 0.3) is 11.3 Å². The number of fused-ring (bicyclic) bond motifs is 1. The van der Waals surface area contributed by atoms with Crippen LogP contribution >= 0.6 is 0 Å². The molecule has 0 saturated heterocycles. The van der Waals surface area contributed by atoms with Crippen LogP contribution in [0.2, 0.25) is 0 Å². The summed E-state index contributed by atoms with van der Waals surface area (Å²) in [6, 6.07) is 7.79. The Hall–Kier alpha value is -3.09. The zero-order valence-corrected chi connectivity index (χ0v) is 14.0. The highest BCUT2D eigenvalue weighted by atomic mass is 16.5. The van der Waals surface area contributed by atoms with Gasteiger partial charge in [0.1, 0.15) is 12.3 Å². The van der Waals surface area contributed by atoms with Crippen molar-refractivity contribution >= 4 is 11.9 Å². The van der Waals surface area contributed by atoms with Gasteiger partial charge in [-0.1, -0.05) is 12.1 Å². The van der Waals surface area contributed by atoms with Crippen LogP contribution in [-0.2, 0) is 17.9 Å². The summed E-state index contributed by atoms with van der Waals surface area (Å²) in [5.41, 5.74) is 1.82. The first-order valence-corrected chi connectivity index (χ1v) is 8.22. The molecule has 0 aliphatic carbocycles. The summed E-state index contributed by atoms with van der Waals surface area (Å²) in [6.07, 6.45) is 8.02. The van der Waals surface area contributed by atoms with Crippen molar-refractivity contribution in [2.45, 2.75) is 19.5 Å². The predicted molar refractivity (Wildman–Crippen MR) is 93.4 cm³/mol. The fourth-order valence-electron chi connectivity index (χ4n) is 3.06. The number of aromatic nitrogens is 4. The number of benzene rings is 1. The van der Waals surface area contributed by atoms with Gasteiger partial charge in [0.05, 0.1) is 19.1 Å². The number of rotatable bonds is 4. The molecule has 4 rings (SSSR count). The van der Waals surface area contributed by atoms with E-state index in [4.69, 9.17) is 9.72 Å². The zero-order valence-electron chi connectivity index (χ0n) is 14.0. The number of ether oxygens (including phenoxy) is 1. The number of carbonyl (C=O) groups excluding carboxylic acids is 1. The van der Waals surface area contributed by atoms with Gasteiger partial charge >= 0.3 is 0 Å². The van der Waals surface area contributed by atoms with E-state index in [-0.39, 0.29) is 12.5 Å². The van der Waals surface area contributed by atoms with Crippen LogP contribution in [0.3, 0.4) is 0 Å². The normalized spacial score (nSPS) is 13.6. The van der Waals surface area contributed by atoms with Gasteiger partial charge in [-0.3, -0.25) is 9.69 Å². The van der Waals surface area contributed by atoms with E-state index in [0.717, 1.165) is 30.0 Å². The van der Waals surface area contributed by atoms with Crippen molar-refractivity contribution in [2.24, 2.45) is 0 Å². The molecular formula is C18H19N5O2. The largest absolute Gasteiger partial charge is 0.497 e. The lowest BCUT2D eigenvalue weighted by molar-refractivity contribution is -0.119. The first-order valence-electron chi connectivity index (χ1n) is 8.22. The second kappa shape index (κ2) is 6.43. The van der Waals surface area contributed by atoms with Crippen LogP contribution in [0.5, 0.6) is 5.75 Å². The molecule has 7 nitrogen and oxygen atoms in total. The molecule has 0 spiro atoms. The maximum Gasteiger partial charge on any atom is 0.249 e. The fourth-order valence-corrected chi connectivity index (χ4v) is 3.06. The van der Waals surface area contributed by atoms with E-state index in [1.807, 2.05) is 35.0 Å². The molecule has 1 amide bonds. The lowest BCUT2D eigenvalue weighted by atomic mass is 10.1. The van der Waals surface area contributed by atoms with Crippen molar-refractivity contribution in [1.82, 2.24) is 19.1 Å². The third-order valence-electron chi connectivity index (χ3n) is 4.32. The van der Waals surface area contributed by atoms with E-state index in [9.17, 15) is 4.79 Å². The molecule has 25 heavy (non-hydrogen) atoms. The van der Waals surface area contributed by atoms with Crippen molar-refractivity contribution in [3.05, 3.63) is 49.2 Å². The Morgan fingerprint density at radius 1 is 1.32 bits per heavy atom. The maximum atomic E-state index is 12.7. The Bertz CT molecular complexity index is 885. The molecule has 2 aromatic heterocycles. The van der Waals surface area contributed by atoms with E-state index in [1.54, 1.807) is 35.3 Å². The van der Waals surface area contributed by atoms with E-state index >= 15 is 0 Å². The van der Waals surface area contributed by atoms with Gasteiger partial charge in [-0.2, -0.15) is 0 Å². The average molecular weight is 337 g/mol. The molecule has 0 radical (unpaired) electrons. The van der Waals surface area contributed by atoms with Crippen LogP contribution < -0.4 is 9.64 Å². The third-order valence-corrected chi connectivity index (χ3v) is 4.32. The molecule has 3 heterocycles. The van der Waals surface area contributed by atoms with Crippen LogP contribution in [-0.4, -0.2) is 38.7 Å². The van der Waals surface area contributed by atoms with Crippen LogP contribution in [0, 0.1) is 0 Å². The number of carbonyl (C=O) groups is 1. The van der Waals surface area contributed by atoms with Crippen molar-refractivity contribution in [1.29, 1.82) is 0 Å². The first-order chi connectivity index (χ1) is 12.2. The van der Waals surface area contributed by atoms with Gasteiger partial charge < -0.3 is 13.9 Å². The topological polar surface area (TPSA) is 65.2 Å². The maximum absolute atomic E-state index is 12.7. The third kappa shape index (κ3) is 3.00. The van der Waals surface area contributed by atoms with Gasteiger partial charge in [0.15, 0.2) is 0 Å². The highest BCUT2D eigenvalue weighted by Crippen LogP contribution is 2.28. The molecule has 0 saturated carbocycles. The summed E-state index contributed by atoms with van der Waals surface area (Å²) in [6.45, 7) is 1.81. The molecule has 0 N–H and O–H groups in total. The molecule has 1 aliphatic rings. The minimum Gasteiger partial charge on any atom is -0.497 e. The van der Waals surface area contributed by atoms with Gasteiger partial charge in [0.25, 0.3) is 0 Å². The van der Waals surface area contributed by atoms with E-state index in [0.29, 0.717) is 12.5 Å². The van der Waals surface area contributed by atoms with Crippen LogP contribution in [0.15, 0.2) is 49.2 Å². The van der Waals surface area contributed by atoms with Gasteiger partial charge in [-0.05, 0) is 18.6 Å². The Morgan fingerprint density at radius 3 is 3.04 bits per heavy atom. The summed E-state index contributed by atoms with van der Waals surface area (Å²) in [4.78, 5) is 23.1. The summed E-state index contributed by atoms with van der Waals surface area (Å²) in [5.74, 6) is 1.51. The average Bonchev–Trinajstić information content (AvgIpc) is 3.30. The molecule has 0 atom stereocenters. The lowest BCUT2D eigenvalue weighted by Gasteiger charge is -2.27. The molecule has 1 aromatic carbocycles. The molecule has 1 aliphatic heterocycles. The summed E-state index contributed by atoms with van der Waals surface area (Å²) in [5, 5.41) is 0. The molecule has 0 bridgehead atoms. The fraction of sp³-hybridized carbons (Fsp3) is 0.278. The Balaban J connectivity index is 1.63. The molecule has 0 fully saturated rings. The molecule has 128 valence electrons. The monoisotopic (exact) mass is 337 g/mol. The quantitative estimate of drug-likeness (QED) is 0.732. The number of nitrogens with zero attached hydrogens (tertiary/aromatic N) is 5. The standard InChI is InChI=1S/C18H19N5O2/c1-25-15-5-2-4-14(10-15)16-11-22-7-3-8-23(18(22)20-16)17(24)12-21-9-6-19-13-21/h2,4-6,9-11,13H,3,7-8,12H2,1H3. The van der Waals surface area contributed by atoms with Gasteiger partial charge in [0, 0.05) is 37.2 Å². The predicted octanol–water partition coefficient (Wildman–Crippen LogP) is 2.19. The van der Waals surface area contributed by atoms with E-state index in [2.05, 4.69) is 4.98 Å². The number of imidazole rings is 2. The van der Waals surface area contributed by atoms with Crippen molar-refractivity contribution in [3.63, 3.8) is 0 Å². The number of anilines is 1. The lowest BCUT2D eigenvalue weighted by Crippen LogP contribution is -2.39. The number of aryl methyl sites for hydroxylation is 1. The Kier molecular flexibility index (Phi) is 3.97. The Morgan fingerprint density at radius 2 is 2.24 bits per heavy atom. The van der Waals surface area contributed by atoms with Crippen molar-refractivity contribution in [3.8, 4) is 17.0 Å². The summed E-state index contributed by atoms with van der Waals surface area (Å²) >= 11 is 0. The van der Waals surface area contributed by atoms with Gasteiger partial charge in [-0.15, -0.1) is 0 Å². The molecule has 3 aromatic rings. The van der Waals surface area contributed by atoms with Crippen molar-refractivity contribution < 1.29 is 9.53 Å². The first kappa shape index (κ1) is 15.4. The number of hydrogen-bond acceptors (Lipinski definition) is 4. The van der Waals surface area contributed by atoms with Crippen LogP contribution in [0.4, 0.5) is 5.95 Å². The minimum atomic E-state index is 0.0155. The Labute approximate surface area is 145 Å². The SMILES string of the molecule is COc1cccc(-c2cn3c(n2)N(C(=O)Cn2ccnc2)CCC3)c1. The molecular weight excluding hydrogens is 318 g/mol. The van der Waals surface area contributed by atoms with Gasteiger partial charge in [-0.25, -0.2) is 9.97 Å². The highest BCUT2D eigenvalue weighted by Gasteiger charge is 2.25. The molecule has 7 heteroatoms. The van der Waals surface area contributed by atoms with Crippen molar-refractivity contribution in [2.75, 3.05) is 18.6 Å². The van der Waals surface area contributed by atoms with E-state index in [1.165, 1.54) is 0 Å². The van der Waals surface area contributed by atoms with E-state index < -0.39 is 0 Å². The highest BCUT2D eigenvalue weighted by molar-refractivity contribution is 5.92. The number of amides is 1. The number of methoxy groups -OCH3 is 1. The molecule has 0 unspecified atom stereocenters. The summed E-state index contributed by atoms with van der Waals surface area (Å²) in [7, 11) is 1.65. The number of hydrogen-bond donors (Lipinski definition) is 0. The van der Waals surface area contributed by atoms with Gasteiger partial charge in [0.2, 0.25) is 11.9 Å². The second-order valence-corrected chi connectivity index (χ2v) is 5.99. The summed E-state index contributed by atoms with van der Waals surface area (Å²) < 4.78 is 9.11. The second-order valence-electron chi connectivity index (χ2n) is 5.99. The smallest absolute Gasteiger partial charge is 0.249 e. The van der Waals surface area contributed by atoms with Crippen LogP contribution in [0.1, 0.15) is 6.42 Å². The zero-order chi connectivity index (χ0) is 17.2. The minimum absolute atomic E-state index is 0.0155.